The zero-order valence-corrected chi connectivity index (χ0v) is 11.6. The Morgan fingerprint density at radius 2 is 1.78 bits per heavy atom. The lowest BCUT2D eigenvalue weighted by Crippen LogP contribution is -2.27. The second-order valence-electron chi connectivity index (χ2n) is 5.61. The number of aliphatic hydroxyl groups is 1. The second-order valence-corrected chi connectivity index (χ2v) is 5.61. The highest BCUT2D eigenvalue weighted by Crippen LogP contribution is 2.17. The van der Waals surface area contributed by atoms with E-state index in [0.717, 1.165) is 0 Å². The zero-order valence-electron chi connectivity index (χ0n) is 11.6. The highest BCUT2D eigenvalue weighted by molar-refractivity contribution is 5.78. The molecule has 0 fully saturated rings. The standard InChI is InChI=1S/C13H24O5/c1-9(14)6-5-7-10(12(16)17)8-11(15)18-13(2,3)4/h9-10,14H,5-8H2,1-4H3,(H,16,17)/t9?,10-/m1/s1. The Morgan fingerprint density at radius 3 is 2.17 bits per heavy atom. The number of ether oxygens (including phenoxy) is 1. The number of aliphatic hydroxyl groups excluding tert-OH is 1. The van der Waals surface area contributed by atoms with Gasteiger partial charge in [0.15, 0.2) is 0 Å². The quantitative estimate of drug-likeness (QED) is 0.684. The largest absolute Gasteiger partial charge is 0.481 e. The van der Waals surface area contributed by atoms with Crippen LogP contribution in [0.3, 0.4) is 0 Å². The van der Waals surface area contributed by atoms with Crippen LogP contribution in [-0.4, -0.2) is 33.9 Å². The van der Waals surface area contributed by atoms with Gasteiger partial charge < -0.3 is 14.9 Å². The predicted octanol–water partition coefficient (Wildman–Crippen LogP) is 1.97. The third kappa shape index (κ3) is 8.98. The fourth-order valence-electron chi connectivity index (χ4n) is 1.56. The van der Waals surface area contributed by atoms with Crippen LogP contribution in [0.4, 0.5) is 0 Å². The van der Waals surface area contributed by atoms with Gasteiger partial charge in [0.2, 0.25) is 0 Å². The van der Waals surface area contributed by atoms with Crippen molar-refractivity contribution < 1.29 is 24.5 Å². The topological polar surface area (TPSA) is 83.8 Å². The first-order valence-corrected chi connectivity index (χ1v) is 6.24. The van der Waals surface area contributed by atoms with E-state index in [9.17, 15) is 9.59 Å². The lowest BCUT2D eigenvalue weighted by Gasteiger charge is -2.21. The van der Waals surface area contributed by atoms with Crippen LogP contribution in [0.25, 0.3) is 0 Å². The number of carboxylic acids is 1. The van der Waals surface area contributed by atoms with E-state index in [0.29, 0.717) is 19.3 Å². The number of esters is 1. The molecule has 2 atom stereocenters. The second kappa shape index (κ2) is 7.36. The zero-order chi connectivity index (χ0) is 14.3. The van der Waals surface area contributed by atoms with Gasteiger partial charge >= 0.3 is 11.9 Å². The van der Waals surface area contributed by atoms with Crippen LogP contribution in [0.2, 0.25) is 0 Å². The number of carboxylic acid groups (broad SMARTS) is 1. The molecule has 0 rings (SSSR count). The van der Waals surface area contributed by atoms with Crippen LogP contribution in [0, 0.1) is 5.92 Å². The maximum absolute atomic E-state index is 11.5. The lowest BCUT2D eigenvalue weighted by atomic mass is 9.97. The number of rotatable bonds is 7. The van der Waals surface area contributed by atoms with Gasteiger partial charge in [0.05, 0.1) is 18.4 Å². The summed E-state index contributed by atoms with van der Waals surface area (Å²) >= 11 is 0. The Kier molecular flexibility index (Phi) is 6.91. The van der Waals surface area contributed by atoms with E-state index >= 15 is 0 Å². The van der Waals surface area contributed by atoms with Crippen molar-refractivity contribution in [2.24, 2.45) is 5.92 Å². The van der Waals surface area contributed by atoms with Gasteiger partial charge in [-0.05, 0) is 40.5 Å². The molecule has 0 aromatic heterocycles. The lowest BCUT2D eigenvalue weighted by molar-refractivity contribution is -0.160. The van der Waals surface area contributed by atoms with E-state index in [2.05, 4.69) is 0 Å². The number of carbonyl (C=O) groups excluding carboxylic acids is 1. The molecule has 0 saturated carbocycles. The fraction of sp³-hybridized carbons (Fsp3) is 0.846. The number of aliphatic carboxylic acids is 1. The van der Waals surface area contributed by atoms with Crippen LogP contribution < -0.4 is 0 Å². The summed E-state index contributed by atoms with van der Waals surface area (Å²) in [4.78, 5) is 22.5. The van der Waals surface area contributed by atoms with E-state index in [-0.39, 0.29) is 6.42 Å². The highest BCUT2D eigenvalue weighted by atomic mass is 16.6. The van der Waals surface area contributed by atoms with Crippen molar-refractivity contribution in [3.63, 3.8) is 0 Å². The summed E-state index contributed by atoms with van der Waals surface area (Å²) in [6.07, 6.45) is 0.933. The number of hydrogen-bond donors (Lipinski definition) is 2. The summed E-state index contributed by atoms with van der Waals surface area (Å²) in [7, 11) is 0. The highest BCUT2D eigenvalue weighted by Gasteiger charge is 2.24. The van der Waals surface area contributed by atoms with Crippen molar-refractivity contribution in [1.29, 1.82) is 0 Å². The third-order valence-electron chi connectivity index (χ3n) is 2.36. The molecule has 0 aliphatic carbocycles. The molecular weight excluding hydrogens is 236 g/mol. The molecule has 0 aromatic rings. The minimum Gasteiger partial charge on any atom is -0.481 e. The van der Waals surface area contributed by atoms with E-state index in [4.69, 9.17) is 14.9 Å². The Balaban J connectivity index is 4.19. The van der Waals surface area contributed by atoms with Crippen molar-refractivity contribution in [1.82, 2.24) is 0 Å². The molecule has 5 nitrogen and oxygen atoms in total. The van der Waals surface area contributed by atoms with Gasteiger partial charge in [0.1, 0.15) is 5.60 Å². The molecule has 106 valence electrons. The first-order valence-electron chi connectivity index (χ1n) is 6.24. The monoisotopic (exact) mass is 260 g/mol. The molecule has 0 amide bonds. The van der Waals surface area contributed by atoms with E-state index in [1.54, 1.807) is 27.7 Å². The van der Waals surface area contributed by atoms with Crippen molar-refractivity contribution >= 4 is 11.9 Å². The van der Waals surface area contributed by atoms with Crippen molar-refractivity contribution in [2.45, 2.75) is 65.1 Å². The van der Waals surface area contributed by atoms with Gasteiger partial charge in [-0.25, -0.2) is 0 Å². The van der Waals surface area contributed by atoms with Gasteiger partial charge in [-0.1, -0.05) is 6.42 Å². The van der Waals surface area contributed by atoms with Gasteiger partial charge in [-0.15, -0.1) is 0 Å². The van der Waals surface area contributed by atoms with Gasteiger partial charge in [0.25, 0.3) is 0 Å². The molecule has 18 heavy (non-hydrogen) atoms. The molecule has 0 bridgehead atoms. The van der Waals surface area contributed by atoms with Crippen LogP contribution >= 0.6 is 0 Å². The average molecular weight is 260 g/mol. The SMILES string of the molecule is CC(O)CCC[C@H](CC(=O)OC(C)(C)C)C(=O)O. The molecule has 5 heteroatoms. The summed E-state index contributed by atoms with van der Waals surface area (Å²) in [5, 5.41) is 18.1. The maximum atomic E-state index is 11.5. The normalized spacial score (nSPS) is 14.9. The molecule has 0 aliphatic rings. The average Bonchev–Trinajstić information content (AvgIpc) is 2.12. The Hall–Kier alpha value is -1.10. The number of hydrogen-bond acceptors (Lipinski definition) is 4. The Labute approximate surface area is 108 Å². The Morgan fingerprint density at radius 1 is 1.22 bits per heavy atom. The summed E-state index contributed by atoms with van der Waals surface area (Å²) in [5.74, 6) is -2.23. The van der Waals surface area contributed by atoms with Crippen LogP contribution in [0.1, 0.15) is 53.4 Å². The molecule has 0 saturated heterocycles. The first-order chi connectivity index (χ1) is 8.11. The Bertz CT molecular complexity index is 278. The van der Waals surface area contributed by atoms with Crippen molar-refractivity contribution in [2.75, 3.05) is 0 Å². The summed E-state index contributed by atoms with van der Waals surface area (Å²) in [5.41, 5.74) is -0.597. The molecule has 0 spiro atoms. The minimum absolute atomic E-state index is 0.119. The minimum atomic E-state index is -0.994. The molecule has 0 aliphatic heterocycles. The predicted molar refractivity (Wildman–Crippen MR) is 67.1 cm³/mol. The molecule has 0 radical (unpaired) electrons. The molecule has 2 N–H and O–H groups in total. The fourth-order valence-corrected chi connectivity index (χ4v) is 1.56. The van der Waals surface area contributed by atoms with Crippen molar-refractivity contribution in [3.05, 3.63) is 0 Å². The van der Waals surface area contributed by atoms with Crippen LogP contribution in [0.5, 0.6) is 0 Å². The van der Waals surface area contributed by atoms with E-state index < -0.39 is 29.6 Å². The molecule has 0 aromatic carbocycles. The smallest absolute Gasteiger partial charge is 0.307 e. The molecule has 1 unspecified atom stereocenters. The van der Waals surface area contributed by atoms with Crippen LogP contribution in [-0.2, 0) is 14.3 Å². The van der Waals surface area contributed by atoms with Gasteiger partial charge in [-0.3, -0.25) is 9.59 Å². The number of carbonyl (C=O) groups is 2. The molecular formula is C13H24O5. The molecule has 0 heterocycles. The van der Waals surface area contributed by atoms with Gasteiger partial charge in [-0.2, -0.15) is 0 Å². The van der Waals surface area contributed by atoms with Crippen LogP contribution in [0.15, 0.2) is 0 Å². The summed E-state index contributed by atoms with van der Waals surface area (Å²) < 4.78 is 5.09. The van der Waals surface area contributed by atoms with E-state index in [1.165, 1.54) is 0 Å². The maximum Gasteiger partial charge on any atom is 0.307 e. The van der Waals surface area contributed by atoms with Crippen molar-refractivity contribution in [3.8, 4) is 0 Å². The first kappa shape index (κ1) is 16.9. The summed E-state index contributed by atoms with van der Waals surface area (Å²) in [6, 6.07) is 0. The third-order valence-corrected chi connectivity index (χ3v) is 2.36. The van der Waals surface area contributed by atoms with Gasteiger partial charge in [0, 0.05) is 0 Å². The summed E-state index contributed by atoms with van der Waals surface area (Å²) in [6.45, 7) is 6.89. The van der Waals surface area contributed by atoms with E-state index in [1.807, 2.05) is 0 Å².